The van der Waals surface area contributed by atoms with E-state index < -0.39 is 0 Å². The number of ether oxygens (including phenoxy) is 2. The first kappa shape index (κ1) is 16.7. The molecule has 0 aromatic heterocycles. The van der Waals surface area contributed by atoms with Gasteiger partial charge in [0, 0.05) is 38.8 Å². The van der Waals surface area contributed by atoms with Gasteiger partial charge in [0.15, 0.2) is 0 Å². The number of nitrogens with zero attached hydrogens (tertiary/aromatic N) is 1. The highest BCUT2D eigenvalue weighted by Gasteiger charge is 2.58. The maximum atomic E-state index is 12.3. The summed E-state index contributed by atoms with van der Waals surface area (Å²) in [6.07, 6.45) is 6.30. The second-order valence-electron chi connectivity index (χ2n) is 6.31. The summed E-state index contributed by atoms with van der Waals surface area (Å²) < 4.78 is 10.9. The van der Waals surface area contributed by atoms with E-state index in [1.54, 1.807) is 7.11 Å². The molecule has 0 bridgehead atoms. The summed E-state index contributed by atoms with van der Waals surface area (Å²) in [5.74, 6) is 0.178. The molecule has 0 heterocycles. The van der Waals surface area contributed by atoms with Crippen LogP contribution in [0.2, 0.25) is 0 Å². The summed E-state index contributed by atoms with van der Waals surface area (Å²) in [7, 11) is 3.62. The van der Waals surface area contributed by atoms with Crippen molar-refractivity contribution in [2.24, 2.45) is 5.41 Å². The van der Waals surface area contributed by atoms with Crippen LogP contribution in [0.15, 0.2) is 0 Å². The molecular weight excluding hydrogens is 268 g/mol. The zero-order valence-corrected chi connectivity index (χ0v) is 13.7. The molecule has 0 aromatic carbocycles. The predicted molar refractivity (Wildman–Crippen MR) is 82.2 cm³/mol. The van der Waals surface area contributed by atoms with E-state index in [4.69, 9.17) is 9.47 Å². The van der Waals surface area contributed by atoms with Crippen LogP contribution in [0.4, 0.5) is 0 Å². The Morgan fingerprint density at radius 3 is 2.71 bits per heavy atom. The minimum absolute atomic E-state index is 0.178. The summed E-state index contributed by atoms with van der Waals surface area (Å²) in [6.45, 7) is 4.58. The molecule has 5 heteroatoms. The van der Waals surface area contributed by atoms with Crippen LogP contribution in [0.25, 0.3) is 0 Å². The molecule has 0 aromatic rings. The van der Waals surface area contributed by atoms with Crippen LogP contribution in [0.3, 0.4) is 0 Å². The fourth-order valence-corrected chi connectivity index (χ4v) is 4.06. The molecule has 1 N–H and O–H groups in total. The zero-order chi connectivity index (χ0) is 15.3. The van der Waals surface area contributed by atoms with Crippen LogP contribution in [0.1, 0.15) is 39.0 Å². The molecule has 2 aliphatic rings. The van der Waals surface area contributed by atoms with Crippen molar-refractivity contribution >= 4 is 5.91 Å². The van der Waals surface area contributed by atoms with E-state index in [-0.39, 0.29) is 11.3 Å². The fraction of sp³-hybridized carbons (Fsp3) is 0.938. The largest absolute Gasteiger partial charge is 0.383 e. The molecule has 0 aliphatic heterocycles. The Hall–Kier alpha value is -0.650. The lowest BCUT2D eigenvalue weighted by atomic mass is 9.60. The van der Waals surface area contributed by atoms with Gasteiger partial charge >= 0.3 is 0 Å². The SMILES string of the molecule is CCOC1CC(N(C)C(=O)CNCCOC)C12CCCC2. The van der Waals surface area contributed by atoms with E-state index in [9.17, 15) is 4.79 Å². The van der Waals surface area contributed by atoms with Crippen LogP contribution >= 0.6 is 0 Å². The third-order valence-corrected chi connectivity index (χ3v) is 5.26. The number of nitrogens with one attached hydrogen (secondary N) is 1. The Labute approximate surface area is 128 Å². The number of carbonyl (C=O) groups excluding carboxylic acids is 1. The Morgan fingerprint density at radius 2 is 2.10 bits per heavy atom. The quantitative estimate of drug-likeness (QED) is 0.689. The van der Waals surface area contributed by atoms with Gasteiger partial charge in [0.2, 0.25) is 5.91 Å². The normalized spacial score (nSPS) is 26.8. The summed E-state index contributed by atoms with van der Waals surface area (Å²) in [6, 6.07) is 0.355. The highest BCUT2D eigenvalue weighted by Crippen LogP contribution is 2.56. The Morgan fingerprint density at radius 1 is 1.38 bits per heavy atom. The number of amides is 1. The molecule has 21 heavy (non-hydrogen) atoms. The summed E-state index contributed by atoms with van der Waals surface area (Å²) in [4.78, 5) is 14.3. The lowest BCUT2D eigenvalue weighted by molar-refractivity contribution is -0.171. The van der Waals surface area contributed by atoms with Crippen molar-refractivity contribution in [1.82, 2.24) is 10.2 Å². The van der Waals surface area contributed by atoms with Crippen molar-refractivity contribution in [2.75, 3.05) is 40.5 Å². The molecule has 0 saturated heterocycles. The van der Waals surface area contributed by atoms with Crippen LogP contribution in [0.5, 0.6) is 0 Å². The second kappa shape index (κ2) is 7.56. The average Bonchev–Trinajstić information content (AvgIpc) is 2.99. The fourth-order valence-electron chi connectivity index (χ4n) is 4.06. The van der Waals surface area contributed by atoms with Crippen LogP contribution in [-0.2, 0) is 14.3 Å². The molecule has 122 valence electrons. The van der Waals surface area contributed by atoms with Gasteiger partial charge < -0.3 is 19.7 Å². The lowest BCUT2D eigenvalue weighted by Crippen LogP contribution is -2.64. The first-order valence-corrected chi connectivity index (χ1v) is 8.22. The maximum Gasteiger partial charge on any atom is 0.236 e. The zero-order valence-electron chi connectivity index (χ0n) is 13.7. The molecule has 0 radical (unpaired) electrons. The maximum absolute atomic E-state index is 12.3. The third-order valence-electron chi connectivity index (χ3n) is 5.26. The van der Waals surface area contributed by atoms with Crippen molar-refractivity contribution in [1.29, 1.82) is 0 Å². The van der Waals surface area contributed by atoms with E-state index >= 15 is 0 Å². The van der Waals surface area contributed by atoms with E-state index in [0.29, 0.717) is 31.8 Å². The Kier molecular flexibility index (Phi) is 6.02. The number of carbonyl (C=O) groups is 1. The Balaban J connectivity index is 1.87. The van der Waals surface area contributed by atoms with Crippen molar-refractivity contribution in [3.05, 3.63) is 0 Å². The summed E-state index contributed by atoms with van der Waals surface area (Å²) >= 11 is 0. The average molecular weight is 298 g/mol. The summed E-state index contributed by atoms with van der Waals surface area (Å²) in [5, 5.41) is 3.14. The van der Waals surface area contributed by atoms with Crippen molar-refractivity contribution in [2.45, 2.75) is 51.2 Å². The number of hydrogen-bond acceptors (Lipinski definition) is 4. The first-order chi connectivity index (χ1) is 10.2. The smallest absolute Gasteiger partial charge is 0.236 e. The molecule has 1 spiro atoms. The van der Waals surface area contributed by atoms with Crippen LogP contribution in [-0.4, -0.2) is 63.4 Å². The molecule has 2 saturated carbocycles. The van der Waals surface area contributed by atoms with E-state index in [1.165, 1.54) is 25.7 Å². The van der Waals surface area contributed by atoms with Gasteiger partial charge in [-0.05, 0) is 26.2 Å². The van der Waals surface area contributed by atoms with Gasteiger partial charge in [-0.15, -0.1) is 0 Å². The monoisotopic (exact) mass is 298 g/mol. The number of likely N-dealkylation sites (N-methyl/N-ethyl adjacent to an activating group) is 1. The van der Waals surface area contributed by atoms with Gasteiger partial charge in [0.25, 0.3) is 0 Å². The first-order valence-electron chi connectivity index (χ1n) is 8.22. The molecule has 2 unspecified atom stereocenters. The highest BCUT2D eigenvalue weighted by atomic mass is 16.5. The highest BCUT2D eigenvalue weighted by molar-refractivity contribution is 5.78. The van der Waals surface area contributed by atoms with Gasteiger partial charge in [-0.1, -0.05) is 12.8 Å². The number of hydrogen-bond donors (Lipinski definition) is 1. The number of rotatable bonds is 8. The van der Waals surface area contributed by atoms with Gasteiger partial charge in [-0.3, -0.25) is 4.79 Å². The molecule has 2 fully saturated rings. The van der Waals surface area contributed by atoms with E-state index in [1.807, 2.05) is 11.9 Å². The second-order valence-corrected chi connectivity index (χ2v) is 6.31. The molecule has 5 nitrogen and oxygen atoms in total. The van der Waals surface area contributed by atoms with E-state index in [2.05, 4.69) is 12.2 Å². The van der Waals surface area contributed by atoms with Gasteiger partial charge in [0.1, 0.15) is 0 Å². The summed E-state index contributed by atoms with van der Waals surface area (Å²) in [5.41, 5.74) is 0.229. The van der Waals surface area contributed by atoms with Crippen LogP contribution < -0.4 is 5.32 Å². The van der Waals surface area contributed by atoms with Crippen molar-refractivity contribution in [3.63, 3.8) is 0 Å². The standard InChI is InChI=1S/C16H30N2O3/c1-4-21-14-11-13(16(14)7-5-6-8-16)18(2)15(19)12-17-9-10-20-3/h13-14,17H,4-12H2,1-3H3. The third kappa shape index (κ3) is 3.41. The minimum atomic E-state index is 0.178. The van der Waals surface area contributed by atoms with Crippen molar-refractivity contribution in [3.8, 4) is 0 Å². The molecule has 2 atom stereocenters. The minimum Gasteiger partial charge on any atom is -0.383 e. The van der Waals surface area contributed by atoms with Crippen LogP contribution in [0, 0.1) is 5.41 Å². The Bertz CT molecular complexity index is 342. The molecular formula is C16H30N2O3. The van der Waals surface area contributed by atoms with Gasteiger partial charge in [-0.2, -0.15) is 0 Å². The molecule has 2 rings (SSSR count). The van der Waals surface area contributed by atoms with Gasteiger partial charge in [0.05, 0.1) is 19.3 Å². The topological polar surface area (TPSA) is 50.8 Å². The van der Waals surface area contributed by atoms with E-state index in [0.717, 1.165) is 13.0 Å². The predicted octanol–water partition coefficient (Wildman–Crippen LogP) is 1.42. The van der Waals surface area contributed by atoms with Crippen molar-refractivity contribution < 1.29 is 14.3 Å². The molecule has 1 amide bonds. The molecule has 2 aliphatic carbocycles. The van der Waals surface area contributed by atoms with Gasteiger partial charge in [-0.25, -0.2) is 0 Å². The number of methoxy groups -OCH3 is 1. The lowest BCUT2D eigenvalue weighted by Gasteiger charge is -2.57.